The summed E-state index contributed by atoms with van der Waals surface area (Å²) in [6.45, 7) is 6.32. The van der Waals surface area contributed by atoms with Crippen LogP contribution in [0.3, 0.4) is 0 Å². The summed E-state index contributed by atoms with van der Waals surface area (Å²) >= 11 is 0. The molecular weight excluding hydrogens is 733 g/mol. The van der Waals surface area contributed by atoms with Crippen molar-refractivity contribution < 1.29 is 28.6 Å². The molecule has 0 fully saturated rings. The van der Waals surface area contributed by atoms with Gasteiger partial charge in [0.25, 0.3) is 0 Å². The van der Waals surface area contributed by atoms with E-state index in [0.717, 1.165) is 89.9 Å². The van der Waals surface area contributed by atoms with Crippen molar-refractivity contribution in [2.45, 2.75) is 232 Å². The first kappa shape index (κ1) is 55.9. The van der Waals surface area contributed by atoms with Gasteiger partial charge in [0.2, 0.25) is 0 Å². The first-order chi connectivity index (χ1) is 29.0. The highest BCUT2D eigenvalue weighted by molar-refractivity contribution is 5.71. The average molecular weight is 823 g/mol. The van der Waals surface area contributed by atoms with E-state index < -0.39 is 6.10 Å². The Morgan fingerprint density at radius 1 is 0.373 bits per heavy atom. The Bertz CT molecular complexity index is 1130. The number of carbonyl (C=O) groups excluding carboxylic acids is 3. The molecule has 0 aliphatic heterocycles. The molecule has 0 amide bonds. The van der Waals surface area contributed by atoms with Crippen LogP contribution < -0.4 is 0 Å². The fourth-order valence-corrected chi connectivity index (χ4v) is 6.64. The van der Waals surface area contributed by atoms with Crippen LogP contribution >= 0.6 is 0 Å². The van der Waals surface area contributed by atoms with Gasteiger partial charge in [-0.2, -0.15) is 0 Å². The number of esters is 3. The van der Waals surface area contributed by atoms with E-state index in [0.29, 0.717) is 19.3 Å². The molecule has 0 saturated heterocycles. The first-order valence-corrected chi connectivity index (χ1v) is 24.5. The number of unbranched alkanes of at least 4 members (excludes halogenated alkanes) is 22. The standard InChI is InChI=1S/C53H90O6/c1-4-7-10-13-16-19-22-24-25-26-27-29-31-34-37-40-43-46-52(55)58-49-50(48-57-51(54)45-42-39-36-33-30-21-18-15-12-9-6-3)59-53(56)47-44-41-38-35-32-28-23-20-17-14-11-8-5-2/h8-9,11-12,14,17-18,20-21,23,33,36,50H,4-7,10,13,15-16,19,22,24-32,34-35,37-49H2,1-3H3/b11-8-,12-9-,17-14-,21-18-,23-20-,36-33-. The highest BCUT2D eigenvalue weighted by Crippen LogP contribution is 2.15. The second kappa shape index (κ2) is 47.5. The van der Waals surface area contributed by atoms with Crippen LogP contribution in [0, 0.1) is 0 Å². The zero-order valence-corrected chi connectivity index (χ0v) is 38.5. The van der Waals surface area contributed by atoms with Crippen LogP contribution in [0.5, 0.6) is 0 Å². The number of rotatable bonds is 43. The fraction of sp³-hybridized carbons (Fsp3) is 0.717. The first-order valence-electron chi connectivity index (χ1n) is 24.5. The molecule has 0 aliphatic rings. The zero-order valence-electron chi connectivity index (χ0n) is 38.5. The van der Waals surface area contributed by atoms with E-state index in [1.165, 1.54) is 89.9 Å². The molecule has 59 heavy (non-hydrogen) atoms. The molecule has 0 aliphatic carbocycles. The maximum absolute atomic E-state index is 12.7. The van der Waals surface area contributed by atoms with Gasteiger partial charge in [-0.05, 0) is 64.2 Å². The van der Waals surface area contributed by atoms with Crippen LogP contribution in [-0.2, 0) is 28.6 Å². The molecule has 0 spiro atoms. The maximum Gasteiger partial charge on any atom is 0.306 e. The molecule has 0 aromatic rings. The van der Waals surface area contributed by atoms with Crippen molar-refractivity contribution in [3.8, 4) is 0 Å². The van der Waals surface area contributed by atoms with Crippen molar-refractivity contribution in [3.05, 3.63) is 72.9 Å². The highest BCUT2D eigenvalue weighted by Gasteiger charge is 2.19. The lowest BCUT2D eigenvalue weighted by molar-refractivity contribution is -0.167. The summed E-state index contributed by atoms with van der Waals surface area (Å²) in [7, 11) is 0. The van der Waals surface area contributed by atoms with Gasteiger partial charge < -0.3 is 14.2 Å². The van der Waals surface area contributed by atoms with E-state index >= 15 is 0 Å². The summed E-state index contributed by atoms with van der Waals surface area (Å²) < 4.78 is 16.7. The van der Waals surface area contributed by atoms with Gasteiger partial charge in [-0.15, -0.1) is 0 Å². The second-order valence-electron chi connectivity index (χ2n) is 16.0. The fourth-order valence-electron chi connectivity index (χ4n) is 6.64. The van der Waals surface area contributed by atoms with E-state index in [-0.39, 0.29) is 37.5 Å². The molecule has 0 saturated carbocycles. The van der Waals surface area contributed by atoms with Crippen molar-refractivity contribution in [3.63, 3.8) is 0 Å². The highest BCUT2D eigenvalue weighted by atomic mass is 16.6. The Balaban J connectivity index is 4.40. The Morgan fingerprint density at radius 3 is 1.27 bits per heavy atom. The third-order valence-corrected chi connectivity index (χ3v) is 10.3. The van der Waals surface area contributed by atoms with Gasteiger partial charge in [-0.25, -0.2) is 0 Å². The predicted octanol–water partition coefficient (Wildman–Crippen LogP) is 15.9. The number of ether oxygens (including phenoxy) is 3. The van der Waals surface area contributed by atoms with Crippen LogP contribution in [0.15, 0.2) is 72.9 Å². The number of hydrogen-bond donors (Lipinski definition) is 0. The van der Waals surface area contributed by atoms with Gasteiger partial charge in [0.1, 0.15) is 13.2 Å². The van der Waals surface area contributed by atoms with Gasteiger partial charge in [-0.3, -0.25) is 14.4 Å². The summed E-state index contributed by atoms with van der Waals surface area (Å²) in [5.74, 6) is -0.977. The molecule has 0 bridgehead atoms. The van der Waals surface area contributed by atoms with Crippen LogP contribution in [0.4, 0.5) is 0 Å². The number of hydrogen-bond acceptors (Lipinski definition) is 6. The van der Waals surface area contributed by atoms with E-state index in [2.05, 4.69) is 93.7 Å². The lowest BCUT2D eigenvalue weighted by Crippen LogP contribution is -2.30. The maximum atomic E-state index is 12.7. The van der Waals surface area contributed by atoms with E-state index in [4.69, 9.17) is 14.2 Å². The van der Waals surface area contributed by atoms with Crippen molar-refractivity contribution in [1.29, 1.82) is 0 Å². The van der Waals surface area contributed by atoms with E-state index in [1.54, 1.807) is 0 Å². The van der Waals surface area contributed by atoms with Crippen molar-refractivity contribution in [2.24, 2.45) is 0 Å². The third kappa shape index (κ3) is 45.8. The lowest BCUT2D eigenvalue weighted by atomic mass is 10.0. The molecule has 6 nitrogen and oxygen atoms in total. The van der Waals surface area contributed by atoms with Crippen molar-refractivity contribution >= 4 is 17.9 Å². The summed E-state index contributed by atoms with van der Waals surface area (Å²) in [4.78, 5) is 37.8. The molecule has 338 valence electrons. The molecule has 1 unspecified atom stereocenters. The number of carbonyl (C=O) groups is 3. The van der Waals surface area contributed by atoms with Crippen LogP contribution in [0.25, 0.3) is 0 Å². The molecular formula is C53H90O6. The average Bonchev–Trinajstić information content (AvgIpc) is 3.23. The Labute approximate surface area is 363 Å². The summed E-state index contributed by atoms with van der Waals surface area (Å²) in [5, 5.41) is 0. The second-order valence-corrected chi connectivity index (χ2v) is 16.0. The van der Waals surface area contributed by atoms with Crippen LogP contribution in [-0.4, -0.2) is 37.2 Å². The monoisotopic (exact) mass is 823 g/mol. The molecule has 0 rings (SSSR count). The largest absolute Gasteiger partial charge is 0.462 e. The molecule has 0 N–H and O–H groups in total. The molecule has 0 radical (unpaired) electrons. The normalized spacial score (nSPS) is 12.7. The third-order valence-electron chi connectivity index (χ3n) is 10.3. The van der Waals surface area contributed by atoms with Crippen molar-refractivity contribution in [2.75, 3.05) is 13.2 Å². The molecule has 0 heterocycles. The van der Waals surface area contributed by atoms with Gasteiger partial charge in [0.05, 0.1) is 0 Å². The Morgan fingerprint density at radius 2 is 0.763 bits per heavy atom. The molecule has 0 aromatic carbocycles. The number of allylic oxidation sites excluding steroid dienone is 12. The minimum Gasteiger partial charge on any atom is -0.462 e. The predicted molar refractivity (Wildman–Crippen MR) is 251 cm³/mol. The zero-order chi connectivity index (χ0) is 43.0. The smallest absolute Gasteiger partial charge is 0.306 e. The minimum atomic E-state index is -0.803. The summed E-state index contributed by atoms with van der Waals surface area (Å²) in [6, 6.07) is 0. The van der Waals surface area contributed by atoms with E-state index in [9.17, 15) is 14.4 Å². The van der Waals surface area contributed by atoms with Gasteiger partial charge in [0.15, 0.2) is 6.10 Å². The Hall–Kier alpha value is -3.15. The van der Waals surface area contributed by atoms with Crippen LogP contribution in [0.1, 0.15) is 226 Å². The Kier molecular flexibility index (Phi) is 45.0. The molecule has 6 heteroatoms. The van der Waals surface area contributed by atoms with E-state index in [1.807, 2.05) is 0 Å². The molecule has 1 atom stereocenters. The SMILES string of the molecule is CC\C=C/C=C\C=C/CCCCCCCC(=O)OC(COC(=O)CCC/C=C\C/C=C\C/C=C\CC)COC(=O)CCCCCCCCCCCCCCCCCCC. The van der Waals surface area contributed by atoms with Crippen molar-refractivity contribution in [1.82, 2.24) is 0 Å². The van der Waals surface area contributed by atoms with Gasteiger partial charge >= 0.3 is 17.9 Å². The lowest BCUT2D eigenvalue weighted by Gasteiger charge is -2.18. The summed E-state index contributed by atoms with van der Waals surface area (Å²) in [6.07, 6.45) is 59.0. The quantitative estimate of drug-likeness (QED) is 0.0200. The minimum absolute atomic E-state index is 0.0983. The van der Waals surface area contributed by atoms with Crippen LogP contribution in [0.2, 0.25) is 0 Å². The molecule has 0 aromatic heterocycles. The van der Waals surface area contributed by atoms with Gasteiger partial charge in [-0.1, -0.05) is 216 Å². The summed E-state index contributed by atoms with van der Waals surface area (Å²) in [5.41, 5.74) is 0. The topological polar surface area (TPSA) is 78.9 Å². The van der Waals surface area contributed by atoms with Gasteiger partial charge in [0, 0.05) is 19.3 Å².